The number of nitrogens with zero attached hydrogens (tertiary/aromatic N) is 2. The highest BCUT2D eigenvalue weighted by Gasteiger charge is 2.34. The van der Waals surface area contributed by atoms with Crippen LogP contribution in [0.5, 0.6) is 0 Å². The molecule has 2 fully saturated rings. The molecule has 0 amide bonds. The van der Waals surface area contributed by atoms with Crippen LogP contribution in [-0.4, -0.2) is 43.6 Å². The van der Waals surface area contributed by atoms with E-state index in [0.717, 1.165) is 31.0 Å². The highest BCUT2D eigenvalue weighted by molar-refractivity contribution is 7.09. The SMILES string of the molecule is CN=C(NCc1cccs1)NCC1CCN(C2CC2)C1. The fourth-order valence-corrected chi connectivity index (χ4v) is 3.49. The van der Waals surface area contributed by atoms with Crippen molar-refractivity contribution in [3.8, 4) is 0 Å². The average Bonchev–Trinajstić information content (AvgIpc) is 3.01. The molecule has 0 radical (unpaired) electrons. The number of hydrogen-bond donors (Lipinski definition) is 2. The summed E-state index contributed by atoms with van der Waals surface area (Å²) in [5, 5.41) is 8.96. The van der Waals surface area contributed by atoms with Gasteiger partial charge in [0, 0.05) is 31.1 Å². The summed E-state index contributed by atoms with van der Waals surface area (Å²) in [4.78, 5) is 8.30. The van der Waals surface area contributed by atoms with Crippen molar-refractivity contribution >= 4 is 17.3 Å². The van der Waals surface area contributed by atoms with Crippen LogP contribution in [0.4, 0.5) is 0 Å². The first kappa shape index (κ1) is 13.9. The van der Waals surface area contributed by atoms with E-state index >= 15 is 0 Å². The lowest BCUT2D eigenvalue weighted by molar-refractivity contribution is 0.314. The molecule has 1 aromatic heterocycles. The maximum atomic E-state index is 4.30. The maximum absolute atomic E-state index is 4.30. The molecule has 4 nitrogen and oxygen atoms in total. The van der Waals surface area contributed by atoms with E-state index in [9.17, 15) is 0 Å². The van der Waals surface area contributed by atoms with E-state index in [0.29, 0.717) is 0 Å². The maximum Gasteiger partial charge on any atom is 0.191 e. The van der Waals surface area contributed by atoms with Gasteiger partial charge in [0.1, 0.15) is 0 Å². The van der Waals surface area contributed by atoms with Gasteiger partial charge >= 0.3 is 0 Å². The van der Waals surface area contributed by atoms with E-state index in [1.54, 1.807) is 11.3 Å². The molecule has 2 N–H and O–H groups in total. The van der Waals surface area contributed by atoms with E-state index in [2.05, 4.69) is 38.0 Å². The topological polar surface area (TPSA) is 39.7 Å². The standard InChI is InChI=1S/C15H24N4S/c1-16-15(18-10-14-3-2-8-20-14)17-9-12-6-7-19(11-12)13-4-5-13/h2-3,8,12-13H,4-7,9-11H2,1H3,(H2,16,17,18). The largest absolute Gasteiger partial charge is 0.356 e. The first-order valence-corrected chi connectivity index (χ1v) is 8.44. The van der Waals surface area contributed by atoms with Crippen molar-refractivity contribution in [2.45, 2.75) is 31.8 Å². The van der Waals surface area contributed by atoms with Crippen molar-refractivity contribution in [2.75, 3.05) is 26.7 Å². The zero-order valence-electron chi connectivity index (χ0n) is 12.1. The summed E-state index contributed by atoms with van der Waals surface area (Å²) in [6.45, 7) is 4.45. The van der Waals surface area contributed by atoms with Gasteiger partial charge in [0.25, 0.3) is 0 Å². The van der Waals surface area contributed by atoms with E-state index in [1.165, 1.54) is 37.2 Å². The Kier molecular flexibility index (Phi) is 4.58. The summed E-state index contributed by atoms with van der Waals surface area (Å²) >= 11 is 1.78. The summed E-state index contributed by atoms with van der Waals surface area (Å²) in [6, 6.07) is 5.15. The fourth-order valence-electron chi connectivity index (χ4n) is 2.85. The van der Waals surface area contributed by atoms with Gasteiger partial charge in [0.2, 0.25) is 0 Å². The van der Waals surface area contributed by atoms with Crippen LogP contribution in [0.2, 0.25) is 0 Å². The van der Waals surface area contributed by atoms with Gasteiger partial charge in [-0.25, -0.2) is 0 Å². The van der Waals surface area contributed by atoms with E-state index in [1.807, 2.05) is 7.05 Å². The molecule has 2 heterocycles. The minimum atomic E-state index is 0.774. The van der Waals surface area contributed by atoms with Gasteiger partial charge in [-0.15, -0.1) is 11.3 Å². The second kappa shape index (κ2) is 6.59. The third-order valence-electron chi connectivity index (χ3n) is 4.17. The zero-order chi connectivity index (χ0) is 13.8. The highest BCUT2D eigenvalue weighted by Crippen LogP contribution is 2.31. The van der Waals surface area contributed by atoms with Crippen LogP contribution in [0.25, 0.3) is 0 Å². The Balaban J connectivity index is 1.37. The predicted octanol–water partition coefficient (Wildman–Crippen LogP) is 1.90. The molecular weight excluding hydrogens is 268 g/mol. The minimum Gasteiger partial charge on any atom is -0.356 e. The van der Waals surface area contributed by atoms with Crippen molar-refractivity contribution in [1.29, 1.82) is 0 Å². The molecule has 1 aromatic rings. The number of guanidine groups is 1. The molecule has 110 valence electrons. The van der Waals surface area contributed by atoms with Crippen molar-refractivity contribution in [3.05, 3.63) is 22.4 Å². The Morgan fingerprint density at radius 2 is 2.30 bits per heavy atom. The van der Waals surface area contributed by atoms with Gasteiger partial charge in [-0.3, -0.25) is 4.99 Å². The lowest BCUT2D eigenvalue weighted by Gasteiger charge is -2.16. The first-order valence-electron chi connectivity index (χ1n) is 7.56. The molecular formula is C15H24N4S. The van der Waals surface area contributed by atoms with Crippen LogP contribution >= 0.6 is 11.3 Å². The predicted molar refractivity (Wildman–Crippen MR) is 85.2 cm³/mol. The second-order valence-electron chi connectivity index (χ2n) is 5.77. The van der Waals surface area contributed by atoms with E-state index in [4.69, 9.17) is 0 Å². The molecule has 20 heavy (non-hydrogen) atoms. The molecule has 0 aromatic carbocycles. The number of rotatable bonds is 5. The van der Waals surface area contributed by atoms with Crippen molar-refractivity contribution < 1.29 is 0 Å². The smallest absolute Gasteiger partial charge is 0.191 e. The summed E-state index contributed by atoms with van der Waals surface area (Å²) in [5.41, 5.74) is 0. The van der Waals surface area contributed by atoms with Crippen LogP contribution in [0.1, 0.15) is 24.1 Å². The Morgan fingerprint density at radius 3 is 3.00 bits per heavy atom. The lowest BCUT2D eigenvalue weighted by Crippen LogP contribution is -2.39. The fraction of sp³-hybridized carbons (Fsp3) is 0.667. The molecule has 2 aliphatic rings. The Labute approximate surface area is 125 Å². The number of aliphatic imine (C=N–C) groups is 1. The molecule has 1 unspecified atom stereocenters. The summed E-state index contributed by atoms with van der Waals surface area (Å²) < 4.78 is 0. The quantitative estimate of drug-likeness (QED) is 0.643. The lowest BCUT2D eigenvalue weighted by atomic mass is 10.1. The number of likely N-dealkylation sites (tertiary alicyclic amines) is 1. The summed E-state index contributed by atoms with van der Waals surface area (Å²) in [7, 11) is 1.84. The number of hydrogen-bond acceptors (Lipinski definition) is 3. The van der Waals surface area contributed by atoms with E-state index in [-0.39, 0.29) is 0 Å². The van der Waals surface area contributed by atoms with Gasteiger partial charge in [0.05, 0.1) is 6.54 Å². The molecule has 1 aliphatic carbocycles. The number of thiophene rings is 1. The molecule has 1 aliphatic heterocycles. The molecule has 0 spiro atoms. The van der Waals surface area contributed by atoms with Crippen LogP contribution in [-0.2, 0) is 6.54 Å². The van der Waals surface area contributed by atoms with Crippen molar-refractivity contribution in [3.63, 3.8) is 0 Å². The van der Waals surface area contributed by atoms with Crippen LogP contribution in [0.15, 0.2) is 22.5 Å². The van der Waals surface area contributed by atoms with E-state index < -0.39 is 0 Å². The monoisotopic (exact) mass is 292 g/mol. The normalized spacial score (nSPS) is 24.1. The van der Waals surface area contributed by atoms with Gasteiger partial charge in [-0.2, -0.15) is 0 Å². The number of nitrogens with one attached hydrogen (secondary N) is 2. The molecule has 1 saturated carbocycles. The minimum absolute atomic E-state index is 0.774. The third kappa shape index (κ3) is 3.73. The Hall–Kier alpha value is -1.07. The molecule has 3 rings (SSSR count). The Morgan fingerprint density at radius 1 is 1.40 bits per heavy atom. The van der Waals surface area contributed by atoms with Gasteiger partial charge in [-0.05, 0) is 43.2 Å². The highest BCUT2D eigenvalue weighted by atomic mass is 32.1. The van der Waals surface area contributed by atoms with Crippen LogP contribution in [0.3, 0.4) is 0 Å². The molecule has 1 atom stereocenters. The third-order valence-corrected chi connectivity index (χ3v) is 5.05. The first-order chi connectivity index (χ1) is 9.85. The molecule has 0 bridgehead atoms. The average molecular weight is 292 g/mol. The van der Waals surface area contributed by atoms with Gasteiger partial charge in [-0.1, -0.05) is 6.07 Å². The second-order valence-corrected chi connectivity index (χ2v) is 6.80. The van der Waals surface area contributed by atoms with Crippen LogP contribution in [0, 0.1) is 5.92 Å². The van der Waals surface area contributed by atoms with Crippen LogP contribution < -0.4 is 10.6 Å². The zero-order valence-corrected chi connectivity index (χ0v) is 13.0. The van der Waals surface area contributed by atoms with Gasteiger partial charge in [0.15, 0.2) is 5.96 Å². The summed E-state index contributed by atoms with van der Waals surface area (Å²) in [5.74, 6) is 1.69. The van der Waals surface area contributed by atoms with Gasteiger partial charge < -0.3 is 15.5 Å². The molecule has 5 heteroatoms. The Bertz CT molecular complexity index is 439. The van der Waals surface area contributed by atoms with Crippen molar-refractivity contribution in [1.82, 2.24) is 15.5 Å². The molecule has 1 saturated heterocycles. The summed E-state index contributed by atoms with van der Waals surface area (Å²) in [6.07, 6.45) is 4.17. The van der Waals surface area contributed by atoms with Crippen molar-refractivity contribution in [2.24, 2.45) is 10.9 Å².